The molecule has 0 bridgehead atoms. The Kier molecular flexibility index (Phi) is 5.30. The molecule has 3 N–H and O–H groups in total. The monoisotopic (exact) mass is 328 g/mol. The third-order valence-corrected chi connectivity index (χ3v) is 4.67. The van der Waals surface area contributed by atoms with Crippen molar-refractivity contribution in [3.63, 3.8) is 0 Å². The van der Waals surface area contributed by atoms with E-state index in [4.69, 9.17) is 0 Å². The van der Waals surface area contributed by atoms with E-state index >= 15 is 0 Å². The first-order valence-corrected chi connectivity index (χ1v) is 8.67. The standard InChI is InChI=1S/C19H24N2O3/c22-17-3-1-2-15(17)12-20-18(23)11-6-13-4-7-14(8-5-13)19(24)21-16-9-10-16/h4-8,11,15-17,22H,1-3,9-10,12H2,(H,20,23)(H,21,24). The second kappa shape index (κ2) is 7.62. The van der Waals surface area contributed by atoms with Crippen LogP contribution in [0.15, 0.2) is 30.3 Å². The molecule has 2 fully saturated rings. The van der Waals surface area contributed by atoms with Crippen LogP contribution in [0.4, 0.5) is 0 Å². The molecule has 1 aromatic rings. The van der Waals surface area contributed by atoms with E-state index < -0.39 is 0 Å². The first-order chi connectivity index (χ1) is 11.6. The highest BCUT2D eigenvalue weighted by Gasteiger charge is 2.25. The van der Waals surface area contributed by atoms with Gasteiger partial charge in [-0.1, -0.05) is 18.6 Å². The van der Waals surface area contributed by atoms with Gasteiger partial charge in [-0.15, -0.1) is 0 Å². The van der Waals surface area contributed by atoms with Crippen LogP contribution in [-0.2, 0) is 4.79 Å². The lowest BCUT2D eigenvalue weighted by Gasteiger charge is -2.13. The van der Waals surface area contributed by atoms with Gasteiger partial charge in [0, 0.05) is 30.1 Å². The van der Waals surface area contributed by atoms with Crippen molar-refractivity contribution in [2.45, 2.75) is 44.2 Å². The molecule has 2 aliphatic carbocycles. The van der Waals surface area contributed by atoms with Crippen LogP contribution in [0.1, 0.15) is 48.0 Å². The first-order valence-electron chi connectivity index (χ1n) is 8.67. The van der Waals surface area contributed by atoms with E-state index in [0.717, 1.165) is 37.7 Å². The van der Waals surface area contributed by atoms with E-state index in [1.54, 1.807) is 18.2 Å². The third kappa shape index (κ3) is 4.68. The molecular weight excluding hydrogens is 304 g/mol. The number of rotatable bonds is 6. The number of hydrogen-bond donors (Lipinski definition) is 3. The minimum atomic E-state index is -0.288. The minimum absolute atomic E-state index is 0.0408. The van der Waals surface area contributed by atoms with E-state index in [-0.39, 0.29) is 23.8 Å². The number of carbonyl (C=O) groups is 2. The van der Waals surface area contributed by atoms with E-state index in [1.807, 2.05) is 12.1 Å². The molecule has 5 heteroatoms. The molecule has 0 aromatic heterocycles. The van der Waals surface area contributed by atoms with Gasteiger partial charge < -0.3 is 15.7 Å². The molecule has 2 aliphatic rings. The van der Waals surface area contributed by atoms with Crippen LogP contribution < -0.4 is 10.6 Å². The summed E-state index contributed by atoms with van der Waals surface area (Å²) < 4.78 is 0. The summed E-state index contributed by atoms with van der Waals surface area (Å²) in [5.41, 5.74) is 1.51. The Morgan fingerprint density at radius 2 is 1.88 bits per heavy atom. The van der Waals surface area contributed by atoms with Crippen LogP contribution in [0.5, 0.6) is 0 Å². The summed E-state index contributed by atoms with van der Waals surface area (Å²) in [4.78, 5) is 23.7. The van der Waals surface area contributed by atoms with Crippen molar-refractivity contribution in [3.8, 4) is 0 Å². The van der Waals surface area contributed by atoms with Gasteiger partial charge in [-0.25, -0.2) is 0 Å². The second-order valence-corrected chi connectivity index (χ2v) is 6.71. The van der Waals surface area contributed by atoms with Crippen LogP contribution >= 0.6 is 0 Å². The van der Waals surface area contributed by atoms with Gasteiger partial charge in [0.05, 0.1) is 6.10 Å². The minimum Gasteiger partial charge on any atom is -0.393 e. The van der Waals surface area contributed by atoms with Crippen LogP contribution in [0.2, 0.25) is 0 Å². The van der Waals surface area contributed by atoms with Crippen molar-refractivity contribution in [2.75, 3.05) is 6.54 Å². The van der Waals surface area contributed by atoms with Gasteiger partial charge in [-0.05, 0) is 49.5 Å². The van der Waals surface area contributed by atoms with E-state index in [0.29, 0.717) is 18.2 Å². The van der Waals surface area contributed by atoms with Crippen LogP contribution in [-0.4, -0.2) is 35.6 Å². The molecule has 0 saturated heterocycles. The molecule has 2 amide bonds. The maximum Gasteiger partial charge on any atom is 0.251 e. The second-order valence-electron chi connectivity index (χ2n) is 6.71. The van der Waals surface area contributed by atoms with Crippen molar-refractivity contribution in [3.05, 3.63) is 41.5 Å². The maximum atomic E-state index is 11.9. The molecule has 2 atom stereocenters. The fourth-order valence-corrected chi connectivity index (χ4v) is 2.96. The van der Waals surface area contributed by atoms with Gasteiger partial charge >= 0.3 is 0 Å². The Bertz CT molecular complexity index is 620. The number of aliphatic hydroxyl groups excluding tert-OH is 1. The largest absolute Gasteiger partial charge is 0.393 e. The van der Waals surface area contributed by atoms with Gasteiger partial charge in [0.1, 0.15) is 0 Å². The zero-order valence-electron chi connectivity index (χ0n) is 13.7. The molecule has 0 aliphatic heterocycles. The van der Waals surface area contributed by atoms with Gasteiger partial charge in [-0.3, -0.25) is 9.59 Å². The van der Waals surface area contributed by atoms with Gasteiger partial charge in [0.25, 0.3) is 5.91 Å². The van der Waals surface area contributed by atoms with Crippen molar-refractivity contribution in [1.82, 2.24) is 10.6 Å². The number of aliphatic hydroxyl groups is 1. The normalized spacial score (nSPS) is 23.4. The Balaban J connectivity index is 1.46. The zero-order chi connectivity index (χ0) is 16.9. The summed E-state index contributed by atoms with van der Waals surface area (Å²) in [7, 11) is 0. The molecule has 2 unspecified atom stereocenters. The predicted octanol–water partition coefficient (Wildman–Crippen LogP) is 1.87. The average Bonchev–Trinajstić information content (AvgIpc) is 3.31. The summed E-state index contributed by atoms with van der Waals surface area (Å²) in [6.07, 6.45) is 7.89. The van der Waals surface area contributed by atoms with Crippen LogP contribution in [0.25, 0.3) is 6.08 Å². The predicted molar refractivity (Wildman–Crippen MR) is 92.3 cm³/mol. The van der Waals surface area contributed by atoms with E-state index in [1.165, 1.54) is 6.08 Å². The van der Waals surface area contributed by atoms with Crippen LogP contribution in [0, 0.1) is 5.92 Å². The summed E-state index contributed by atoms with van der Waals surface area (Å²) in [5, 5.41) is 15.5. The Hall–Kier alpha value is -2.14. The molecule has 0 radical (unpaired) electrons. The lowest BCUT2D eigenvalue weighted by atomic mass is 10.1. The van der Waals surface area contributed by atoms with Gasteiger partial charge in [0.15, 0.2) is 0 Å². The quantitative estimate of drug-likeness (QED) is 0.698. The zero-order valence-corrected chi connectivity index (χ0v) is 13.7. The van der Waals surface area contributed by atoms with Crippen molar-refractivity contribution < 1.29 is 14.7 Å². The Morgan fingerprint density at radius 1 is 1.12 bits per heavy atom. The van der Waals surface area contributed by atoms with Gasteiger partial charge in [-0.2, -0.15) is 0 Å². The molecule has 0 spiro atoms. The summed E-state index contributed by atoms with van der Waals surface area (Å²) in [6.45, 7) is 0.518. The number of nitrogens with one attached hydrogen (secondary N) is 2. The molecule has 128 valence electrons. The molecule has 3 rings (SSSR count). The van der Waals surface area contributed by atoms with Crippen molar-refractivity contribution >= 4 is 17.9 Å². The molecular formula is C19H24N2O3. The SMILES string of the molecule is O=C(C=Cc1ccc(C(=O)NC2CC2)cc1)NCC1CCCC1O. The highest BCUT2D eigenvalue weighted by atomic mass is 16.3. The fraction of sp³-hybridized carbons (Fsp3) is 0.474. The maximum absolute atomic E-state index is 11.9. The summed E-state index contributed by atoms with van der Waals surface area (Å²) >= 11 is 0. The van der Waals surface area contributed by atoms with Crippen molar-refractivity contribution in [2.24, 2.45) is 5.92 Å². The number of amides is 2. The Labute approximate surface area is 142 Å². The average molecular weight is 328 g/mol. The van der Waals surface area contributed by atoms with Gasteiger partial charge in [0.2, 0.25) is 5.91 Å². The first kappa shape index (κ1) is 16.7. The molecule has 2 saturated carbocycles. The smallest absolute Gasteiger partial charge is 0.251 e. The highest BCUT2D eigenvalue weighted by molar-refractivity contribution is 5.95. The number of benzene rings is 1. The summed E-state index contributed by atoms with van der Waals surface area (Å²) in [6, 6.07) is 7.53. The highest BCUT2D eigenvalue weighted by Crippen LogP contribution is 2.24. The van der Waals surface area contributed by atoms with Crippen molar-refractivity contribution in [1.29, 1.82) is 0 Å². The number of hydrogen-bond acceptors (Lipinski definition) is 3. The molecule has 5 nitrogen and oxygen atoms in total. The van der Waals surface area contributed by atoms with Crippen LogP contribution in [0.3, 0.4) is 0 Å². The summed E-state index contributed by atoms with van der Waals surface area (Å²) in [5.74, 6) is -0.0304. The lowest BCUT2D eigenvalue weighted by molar-refractivity contribution is -0.116. The van der Waals surface area contributed by atoms with E-state index in [9.17, 15) is 14.7 Å². The third-order valence-electron chi connectivity index (χ3n) is 4.67. The Morgan fingerprint density at radius 3 is 2.50 bits per heavy atom. The molecule has 24 heavy (non-hydrogen) atoms. The lowest BCUT2D eigenvalue weighted by Crippen LogP contribution is -2.31. The fourth-order valence-electron chi connectivity index (χ4n) is 2.96. The topological polar surface area (TPSA) is 78.4 Å². The molecule has 1 aromatic carbocycles. The van der Waals surface area contributed by atoms with E-state index in [2.05, 4.69) is 10.6 Å². The number of carbonyl (C=O) groups excluding carboxylic acids is 2. The molecule has 0 heterocycles.